The van der Waals surface area contributed by atoms with Gasteiger partial charge in [-0.3, -0.25) is 4.79 Å². The fraction of sp³-hybridized carbons (Fsp3) is 0.909. The first-order chi connectivity index (χ1) is 7.20. The molecule has 2 fully saturated rings. The molecule has 0 saturated carbocycles. The molecule has 3 unspecified atom stereocenters. The Morgan fingerprint density at radius 1 is 1.47 bits per heavy atom. The fourth-order valence-electron chi connectivity index (χ4n) is 2.74. The first-order valence-corrected chi connectivity index (χ1v) is 5.77. The zero-order chi connectivity index (χ0) is 10.8. The first-order valence-electron chi connectivity index (χ1n) is 5.77. The van der Waals surface area contributed by atoms with E-state index in [0.29, 0.717) is 6.04 Å². The van der Waals surface area contributed by atoms with Crippen molar-refractivity contribution in [3.63, 3.8) is 0 Å². The molecule has 2 aliphatic heterocycles. The van der Waals surface area contributed by atoms with Crippen molar-refractivity contribution in [1.29, 1.82) is 0 Å². The standard InChI is InChI=1S/C11H20N2O2/c1-8(11(14)15-2)12-10-4-6-13-5-3-9(10)7-13/h8-10,12H,3-7H2,1-2H3/t8-,9?,10?/m0/s1. The van der Waals surface area contributed by atoms with E-state index in [0.717, 1.165) is 12.3 Å². The molecule has 86 valence electrons. The number of hydrogen-bond acceptors (Lipinski definition) is 4. The van der Waals surface area contributed by atoms with Gasteiger partial charge in [0, 0.05) is 12.6 Å². The zero-order valence-electron chi connectivity index (χ0n) is 9.53. The van der Waals surface area contributed by atoms with Crippen LogP contribution in [-0.4, -0.2) is 49.7 Å². The highest BCUT2D eigenvalue weighted by atomic mass is 16.5. The van der Waals surface area contributed by atoms with Gasteiger partial charge >= 0.3 is 5.97 Å². The van der Waals surface area contributed by atoms with Gasteiger partial charge in [0.15, 0.2) is 0 Å². The van der Waals surface area contributed by atoms with Gasteiger partial charge in [-0.25, -0.2) is 0 Å². The topological polar surface area (TPSA) is 41.6 Å². The molecule has 0 aromatic carbocycles. The SMILES string of the molecule is COC(=O)[C@H](C)NC1CCN2CCC1C2. The molecule has 2 aliphatic rings. The maximum atomic E-state index is 11.3. The first kappa shape index (κ1) is 10.9. The Morgan fingerprint density at radius 3 is 2.93 bits per heavy atom. The van der Waals surface area contributed by atoms with Crippen molar-refractivity contribution >= 4 is 5.97 Å². The van der Waals surface area contributed by atoms with Gasteiger partial charge in [0.1, 0.15) is 6.04 Å². The molecule has 0 aromatic rings. The van der Waals surface area contributed by atoms with Crippen molar-refractivity contribution in [1.82, 2.24) is 10.2 Å². The maximum absolute atomic E-state index is 11.3. The van der Waals surface area contributed by atoms with Crippen LogP contribution in [-0.2, 0) is 9.53 Å². The van der Waals surface area contributed by atoms with E-state index in [1.165, 1.54) is 33.2 Å². The van der Waals surface area contributed by atoms with Gasteiger partial charge in [-0.1, -0.05) is 0 Å². The maximum Gasteiger partial charge on any atom is 0.322 e. The van der Waals surface area contributed by atoms with Crippen molar-refractivity contribution in [2.75, 3.05) is 26.7 Å². The molecule has 2 saturated heterocycles. The summed E-state index contributed by atoms with van der Waals surface area (Å²) in [7, 11) is 1.44. The minimum Gasteiger partial charge on any atom is -0.468 e. The van der Waals surface area contributed by atoms with Crippen molar-refractivity contribution < 1.29 is 9.53 Å². The summed E-state index contributed by atoms with van der Waals surface area (Å²) in [5, 5.41) is 3.40. The lowest BCUT2D eigenvalue weighted by Gasteiger charge is -2.32. The van der Waals surface area contributed by atoms with E-state index < -0.39 is 0 Å². The van der Waals surface area contributed by atoms with Gasteiger partial charge in [0.05, 0.1) is 7.11 Å². The Labute approximate surface area is 91.0 Å². The molecule has 0 aliphatic carbocycles. The number of fused-ring (bicyclic) bond motifs is 2. The quantitative estimate of drug-likeness (QED) is 0.680. The van der Waals surface area contributed by atoms with Crippen LogP contribution in [0.5, 0.6) is 0 Å². The zero-order valence-corrected chi connectivity index (χ0v) is 9.53. The van der Waals surface area contributed by atoms with Gasteiger partial charge in [-0.05, 0) is 38.8 Å². The van der Waals surface area contributed by atoms with Crippen LogP contribution >= 0.6 is 0 Å². The second-order valence-electron chi connectivity index (χ2n) is 4.66. The second kappa shape index (κ2) is 4.49. The molecule has 2 heterocycles. The van der Waals surface area contributed by atoms with E-state index in [9.17, 15) is 4.79 Å². The summed E-state index contributed by atoms with van der Waals surface area (Å²) < 4.78 is 4.72. The third-order valence-corrected chi connectivity index (χ3v) is 3.65. The average Bonchev–Trinajstić information content (AvgIpc) is 2.64. The van der Waals surface area contributed by atoms with Crippen LogP contribution < -0.4 is 5.32 Å². The van der Waals surface area contributed by atoms with Crippen molar-refractivity contribution in [2.45, 2.75) is 31.8 Å². The number of nitrogens with zero attached hydrogens (tertiary/aromatic N) is 1. The molecule has 0 amide bonds. The van der Waals surface area contributed by atoms with Crippen LogP contribution in [0.15, 0.2) is 0 Å². The molecule has 0 spiro atoms. The van der Waals surface area contributed by atoms with Crippen LogP contribution in [0.1, 0.15) is 19.8 Å². The molecule has 0 aromatic heterocycles. The average molecular weight is 212 g/mol. The van der Waals surface area contributed by atoms with Crippen LogP contribution in [0, 0.1) is 5.92 Å². The Kier molecular flexibility index (Phi) is 3.26. The van der Waals surface area contributed by atoms with Crippen molar-refractivity contribution in [2.24, 2.45) is 5.92 Å². The summed E-state index contributed by atoms with van der Waals surface area (Å²) in [6.45, 7) is 5.48. The third-order valence-electron chi connectivity index (χ3n) is 3.65. The Bertz CT molecular complexity index is 245. The smallest absolute Gasteiger partial charge is 0.322 e. The van der Waals surface area contributed by atoms with Gasteiger partial charge in [0.25, 0.3) is 0 Å². The summed E-state index contributed by atoms with van der Waals surface area (Å²) in [6.07, 6.45) is 2.43. The molecule has 1 N–H and O–H groups in total. The lowest BCUT2D eigenvalue weighted by atomic mass is 9.93. The predicted octanol–water partition coefficient (Wildman–Crippen LogP) is 0.232. The molecule has 15 heavy (non-hydrogen) atoms. The Hall–Kier alpha value is -0.610. The molecular weight excluding hydrogens is 192 g/mol. The van der Waals surface area contributed by atoms with E-state index in [-0.39, 0.29) is 12.0 Å². The van der Waals surface area contributed by atoms with Crippen LogP contribution in [0.4, 0.5) is 0 Å². The molecule has 4 nitrogen and oxygen atoms in total. The van der Waals surface area contributed by atoms with Gasteiger partial charge < -0.3 is 15.0 Å². The largest absolute Gasteiger partial charge is 0.468 e. The highest BCUT2D eigenvalue weighted by Gasteiger charge is 2.35. The van der Waals surface area contributed by atoms with Crippen LogP contribution in [0.25, 0.3) is 0 Å². The molecule has 4 atom stereocenters. The predicted molar refractivity (Wildman–Crippen MR) is 57.6 cm³/mol. The number of methoxy groups -OCH3 is 1. The van der Waals surface area contributed by atoms with Gasteiger partial charge in [-0.2, -0.15) is 0 Å². The molecule has 2 bridgehead atoms. The molecular formula is C11H20N2O2. The monoisotopic (exact) mass is 212 g/mol. The third kappa shape index (κ3) is 2.32. The molecule has 2 rings (SSSR count). The summed E-state index contributed by atoms with van der Waals surface area (Å²) in [5.41, 5.74) is 0. The van der Waals surface area contributed by atoms with Gasteiger partial charge in [0.2, 0.25) is 0 Å². The Morgan fingerprint density at radius 2 is 2.20 bits per heavy atom. The van der Waals surface area contributed by atoms with E-state index in [2.05, 4.69) is 10.2 Å². The molecule has 0 radical (unpaired) electrons. The number of nitrogens with one attached hydrogen (secondary N) is 1. The summed E-state index contributed by atoms with van der Waals surface area (Å²) >= 11 is 0. The van der Waals surface area contributed by atoms with E-state index in [1.54, 1.807) is 0 Å². The molecule has 4 heteroatoms. The number of rotatable bonds is 3. The highest BCUT2D eigenvalue weighted by molar-refractivity contribution is 5.75. The lowest BCUT2D eigenvalue weighted by molar-refractivity contribution is -0.143. The summed E-state index contributed by atoms with van der Waals surface area (Å²) in [4.78, 5) is 13.8. The lowest BCUT2D eigenvalue weighted by Crippen LogP contribution is -2.49. The fourth-order valence-corrected chi connectivity index (χ4v) is 2.74. The highest BCUT2D eigenvalue weighted by Crippen LogP contribution is 2.27. The van der Waals surface area contributed by atoms with Gasteiger partial charge in [-0.15, -0.1) is 0 Å². The van der Waals surface area contributed by atoms with Crippen LogP contribution in [0.2, 0.25) is 0 Å². The van der Waals surface area contributed by atoms with E-state index in [1.807, 2.05) is 6.92 Å². The van der Waals surface area contributed by atoms with Crippen molar-refractivity contribution in [3.8, 4) is 0 Å². The number of piperidine rings is 1. The minimum atomic E-state index is -0.174. The minimum absolute atomic E-state index is 0.157. The second-order valence-corrected chi connectivity index (χ2v) is 4.66. The number of hydrogen-bond donors (Lipinski definition) is 1. The number of carbonyl (C=O) groups excluding carboxylic acids is 1. The van der Waals surface area contributed by atoms with Crippen LogP contribution in [0.3, 0.4) is 0 Å². The van der Waals surface area contributed by atoms with Crippen molar-refractivity contribution in [3.05, 3.63) is 0 Å². The number of esters is 1. The summed E-state index contributed by atoms with van der Waals surface area (Å²) in [5.74, 6) is 0.571. The number of ether oxygens (including phenoxy) is 1. The Balaban J connectivity index is 1.86. The van der Waals surface area contributed by atoms with E-state index in [4.69, 9.17) is 4.74 Å². The number of carbonyl (C=O) groups is 1. The van der Waals surface area contributed by atoms with E-state index >= 15 is 0 Å². The summed E-state index contributed by atoms with van der Waals surface area (Å²) in [6, 6.07) is 0.324. The normalized spacial score (nSPS) is 36.3.